The zero-order valence-corrected chi connectivity index (χ0v) is 17.1. The second-order valence-electron chi connectivity index (χ2n) is 6.40. The molecule has 0 saturated heterocycles. The average molecular weight is 472 g/mol. The lowest BCUT2D eigenvalue weighted by atomic mass is 10.1. The lowest BCUT2D eigenvalue weighted by molar-refractivity contribution is -0.274. The lowest BCUT2D eigenvalue weighted by Gasteiger charge is -2.10. The maximum Gasteiger partial charge on any atom is 0.573 e. The van der Waals surface area contributed by atoms with Crippen molar-refractivity contribution in [2.75, 3.05) is 0 Å². The van der Waals surface area contributed by atoms with Gasteiger partial charge in [-0.1, -0.05) is 17.7 Å². The summed E-state index contributed by atoms with van der Waals surface area (Å²) in [6.07, 6.45) is -4.91. The van der Waals surface area contributed by atoms with Crippen LogP contribution >= 0.6 is 22.9 Å². The SMILES string of the molecule is Cc1c(-c2n[nH]c(-c3c(F)cccc3Cl)n2)csc1-c1ccc(OC(F)(F)F)cc1F. The van der Waals surface area contributed by atoms with Gasteiger partial charge >= 0.3 is 6.36 Å². The Hall–Kier alpha value is -2.98. The lowest BCUT2D eigenvalue weighted by Crippen LogP contribution is -2.17. The molecule has 0 atom stereocenters. The number of thiophene rings is 1. The zero-order valence-electron chi connectivity index (χ0n) is 15.5. The number of H-pyrrole nitrogens is 1. The zero-order chi connectivity index (χ0) is 22.3. The van der Waals surface area contributed by atoms with Gasteiger partial charge in [0.1, 0.15) is 17.4 Å². The van der Waals surface area contributed by atoms with Gasteiger partial charge in [-0.25, -0.2) is 13.8 Å². The molecule has 0 aliphatic heterocycles. The van der Waals surface area contributed by atoms with Crippen LogP contribution in [0.15, 0.2) is 41.8 Å². The Bertz CT molecular complexity index is 1250. The molecule has 1 N–H and O–H groups in total. The molecule has 0 radical (unpaired) electrons. The van der Waals surface area contributed by atoms with Crippen LogP contribution < -0.4 is 4.74 Å². The molecule has 0 aliphatic rings. The molecule has 0 fully saturated rings. The number of nitrogens with zero attached hydrogens (tertiary/aromatic N) is 2. The first kappa shape index (κ1) is 21.3. The first-order valence-corrected chi connectivity index (χ1v) is 9.90. The van der Waals surface area contributed by atoms with Gasteiger partial charge in [0, 0.05) is 27.5 Å². The monoisotopic (exact) mass is 471 g/mol. The minimum absolute atomic E-state index is 0.0716. The maximum atomic E-state index is 14.5. The smallest absolute Gasteiger partial charge is 0.406 e. The Morgan fingerprint density at radius 1 is 1.06 bits per heavy atom. The first-order valence-electron chi connectivity index (χ1n) is 8.65. The molecule has 4 nitrogen and oxygen atoms in total. The van der Waals surface area contributed by atoms with Crippen LogP contribution in [0.5, 0.6) is 5.75 Å². The van der Waals surface area contributed by atoms with Crippen LogP contribution in [-0.2, 0) is 0 Å². The van der Waals surface area contributed by atoms with Crippen LogP contribution in [0, 0.1) is 18.6 Å². The van der Waals surface area contributed by atoms with E-state index < -0.39 is 23.7 Å². The summed E-state index contributed by atoms with van der Waals surface area (Å²) in [5.74, 6) is -1.71. The number of ether oxygens (including phenoxy) is 1. The number of aromatic nitrogens is 3. The van der Waals surface area contributed by atoms with Crippen LogP contribution in [0.3, 0.4) is 0 Å². The van der Waals surface area contributed by atoms with Gasteiger partial charge in [0.25, 0.3) is 0 Å². The fourth-order valence-corrected chi connectivity index (χ4v) is 4.35. The van der Waals surface area contributed by atoms with Gasteiger partial charge in [-0.15, -0.1) is 24.5 Å². The van der Waals surface area contributed by atoms with E-state index in [-0.39, 0.29) is 27.8 Å². The summed E-state index contributed by atoms with van der Waals surface area (Å²) in [5.41, 5.74) is 1.35. The summed E-state index contributed by atoms with van der Waals surface area (Å²) in [7, 11) is 0. The molecule has 31 heavy (non-hydrogen) atoms. The van der Waals surface area contributed by atoms with E-state index in [1.165, 1.54) is 35.6 Å². The van der Waals surface area contributed by atoms with Gasteiger partial charge in [-0.2, -0.15) is 5.10 Å². The van der Waals surface area contributed by atoms with Gasteiger partial charge in [-0.3, -0.25) is 5.10 Å². The van der Waals surface area contributed by atoms with Gasteiger partial charge < -0.3 is 4.74 Å². The Morgan fingerprint density at radius 3 is 2.52 bits per heavy atom. The molecule has 160 valence electrons. The summed E-state index contributed by atoms with van der Waals surface area (Å²) in [4.78, 5) is 4.78. The van der Waals surface area contributed by atoms with Crippen molar-refractivity contribution < 1.29 is 26.7 Å². The van der Waals surface area contributed by atoms with Crippen LogP contribution in [0.1, 0.15) is 5.56 Å². The van der Waals surface area contributed by atoms with Gasteiger partial charge in [-0.05, 0) is 36.8 Å². The number of aromatic amines is 1. The van der Waals surface area contributed by atoms with Crippen molar-refractivity contribution in [2.24, 2.45) is 0 Å². The standard InChI is InChI=1S/C20H11ClF5N3OS/c1-9-12(18-27-19(29-28-18)16-13(21)3-2-4-14(16)22)8-31-17(9)11-6-5-10(7-15(11)23)30-20(24,25)26/h2-8H,1H3,(H,27,28,29). The molecule has 0 amide bonds. The normalized spacial score (nSPS) is 11.7. The Kier molecular flexibility index (Phi) is 5.44. The van der Waals surface area contributed by atoms with Crippen molar-refractivity contribution >= 4 is 22.9 Å². The second-order valence-corrected chi connectivity index (χ2v) is 7.68. The minimum atomic E-state index is -4.91. The molecule has 0 spiro atoms. The van der Waals surface area contributed by atoms with Crippen molar-refractivity contribution in [1.29, 1.82) is 0 Å². The fraction of sp³-hybridized carbons (Fsp3) is 0.100. The van der Waals surface area contributed by atoms with Crippen molar-refractivity contribution in [3.8, 4) is 39.0 Å². The molecule has 4 rings (SSSR count). The number of benzene rings is 2. The predicted molar refractivity (Wildman–Crippen MR) is 107 cm³/mol. The number of rotatable bonds is 4. The van der Waals surface area contributed by atoms with Crippen LogP contribution in [-0.4, -0.2) is 21.5 Å². The summed E-state index contributed by atoms with van der Waals surface area (Å²) < 4.78 is 69.4. The number of halogens is 6. The summed E-state index contributed by atoms with van der Waals surface area (Å²) in [6, 6.07) is 7.15. The molecule has 2 aromatic carbocycles. The molecule has 0 saturated carbocycles. The first-order chi connectivity index (χ1) is 14.6. The number of hydrogen-bond acceptors (Lipinski definition) is 4. The molecule has 0 unspecified atom stereocenters. The molecular formula is C20H11ClF5N3OS. The largest absolute Gasteiger partial charge is 0.573 e. The molecule has 11 heteroatoms. The maximum absolute atomic E-state index is 14.5. The Balaban J connectivity index is 1.68. The highest BCUT2D eigenvalue weighted by Crippen LogP contribution is 2.39. The highest BCUT2D eigenvalue weighted by atomic mass is 35.5. The predicted octanol–water partition coefficient (Wildman–Crippen LogP) is 7.01. The third kappa shape index (κ3) is 4.26. The van der Waals surface area contributed by atoms with Gasteiger partial charge in [0.2, 0.25) is 0 Å². The molecule has 4 aromatic rings. The van der Waals surface area contributed by atoms with E-state index in [9.17, 15) is 22.0 Å². The van der Waals surface area contributed by atoms with E-state index in [2.05, 4.69) is 19.9 Å². The summed E-state index contributed by atoms with van der Waals surface area (Å²) in [6.45, 7) is 1.70. The second kappa shape index (κ2) is 7.93. The van der Waals surface area contributed by atoms with Crippen LogP contribution in [0.25, 0.3) is 33.2 Å². The summed E-state index contributed by atoms with van der Waals surface area (Å²) in [5, 5.41) is 8.58. The fourth-order valence-electron chi connectivity index (χ4n) is 3.00. The third-order valence-electron chi connectivity index (χ3n) is 4.38. The third-order valence-corrected chi connectivity index (χ3v) is 5.81. The molecule has 0 bridgehead atoms. The van der Waals surface area contributed by atoms with E-state index in [1.807, 2.05) is 0 Å². The molecular weight excluding hydrogens is 461 g/mol. The van der Waals surface area contributed by atoms with E-state index in [1.54, 1.807) is 12.3 Å². The highest BCUT2D eigenvalue weighted by molar-refractivity contribution is 7.14. The van der Waals surface area contributed by atoms with Crippen molar-refractivity contribution in [3.05, 3.63) is 64.0 Å². The quantitative estimate of drug-likeness (QED) is 0.326. The van der Waals surface area contributed by atoms with Gasteiger partial charge in [0.05, 0.1) is 10.6 Å². The van der Waals surface area contributed by atoms with Crippen molar-refractivity contribution in [3.63, 3.8) is 0 Å². The van der Waals surface area contributed by atoms with Gasteiger partial charge in [0.15, 0.2) is 11.6 Å². The highest BCUT2D eigenvalue weighted by Gasteiger charge is 2.31. The summed E-state index contributed by atoms with van der Waals surface area (Å²) >= 11 is 7.23. The van der Waals surface area contributed by atoms with Crippen molar-refractivity contribution in [1.82, 2.24) is 15.2 Å². The molecule has 0 aliphatic carbocycles. The Morgan fingerprint density at radius 2 is 1.84 bits per heavy atom. The van der Waals surface area contributed by atoms with Crippen LogP contribution in [0.2, 0.25) is 5.02 Å². The number of hydrogen-bond donors (Lipinski definition) is 1. The minimum Gasteiger partial charge on any atom is -0.406 e. The van der Waals surface area contributed by atoms with E-state index in [4.69, 9.17) is 11.6 Å². The van der Waals surface area contributed by atoms with E-state index in [0.717, 1.165) is 6.07 Å². The number of nitrogens with one attached hydrogen (secondary N) is 1. The van der Waals surface area contributed by atoms with Crippen molar-refractivity contribution in [2.45, 2.75) is 13.3 Å². The van der Waals surface area contributed by atoms with Crippen LogP contribution in [0.4, 0.5) is 22.0 Å². The topological polar surface area (TPSA) is 50.8 Å². The Labute approximate surface area is 181 Å². The number of alkyl halides is 3. The average Bonchev–Trinajstić information content (AvgIpc) is 3.27. The van der Waals surface area contributed by atoms with E-state index >= 15 is 0 Å². The molecule has 2 aromatic heterocycles. The molecule has 2 heterocycles. The van der Waals surface area contributed by atoms with E-state index in [0.29, 0.717) is 22.1 Å².